The molecule has 5 nitrogen and oxygen atoms in total. The van der Waals surface area contributed by atoms with E-state index in [2.05, 4.69) is 10.4 Å². The van der Waals surface area contributed by atoms with Crippen LogP contribution in [-0.4, -0.2) is 34.9 Å². The van der Waals surface area contributed by atoms with Gasteiger partial charge in [-0.25, -0.2) is 0 Å². The van der Waals surface area contributed by atoms with E-state index in [1.54, 1.807) is 0 Å². The number of nitrogens with one attached hydrogen (secondary N) is 1. The van der Waals surface area contributed by atoms with E-state index >= 15 is 0 Å². The SMILES string of the molecule is Cc1cc(C(F)(F)F)nn1CC(=O)NC[C@H]1CCCO1. The summed E-state index contributed by atoms with van der Waals surface area (Å²) in [5, 5.41) is 6.04. The Hall–Kier alpha value is -1.57. The Balaban J connectivity index is 1.89. The number of halogens is 3. The van der Waals surface area contributed by atoms with Crippen LogP contribution in [0.5, 0.6) is 0 Å². The van der Waals surface area contributed by atoms with Gasteiger partial charge in [-0.15, -0.1) is 0 Å². The lowest BCUT2D eigenvalue weighted by atomic mass is 10.2. The number of amides is 1. The fourth-order valence-corrected chi connectivity index (χ4v) is 2.03. The van der Waals surface area contributed by atoms with Crippen molar-refractivity contribution in [1.29, 1.82) is 0 Å². The van der Waals surface area contributed by atoms with E-state index in [-0.39, 0.29) is 18.6 Å². The quantitative estimate of drug-likeness (QED) is 0.914. The van der Waals surface area contributed by atoms with Crippen molar-refractivity contribution in [2.24, 2.45) is 0 Å². The van der Waals surface area contributed by atoms with Gasteiger partial charge in [0.25, 0.3) is 0 Å². The largest absolute Gasteiger partial charge is 0.435 e. The van der Waals surface area contributed by atoms with Gasteiger partial charge in [0.05, 0.1) is 6.10 Å². The number of aryl methyl sites for hydroxylation is 1. The molecule has 0 saturated carbocycles. The molecule has 0 spiro atoms. The first-order valence-electron chi connectivity index (χ1n) is 6.36. The van der Waals surface area contributed by atoms with Crippen molar-refractivity contribution >= 4 is 5.91 Å². The number of hydrogen-bond acceptors (Lipinski definition) is 3. The van der Waals surface area contributed by atoms with Gasteiger partial charge in [-0.2, -0.15) is 18.3 Å². The molecule has 1 amide bonds. The van der Waals surface area contributed by atoms with Crippen LogP contribution in [0.1, 0.15) is 24.2 Å². The predicted molar refractivity (Wildman–Crippen MR) is 63.9 cm³/mol. The van der Waals surface area contributed by atoms with Gasteiger partial charge in [0.2, 0.25) is 5.91 Å². The fraction of sp³-hybridized carbons (Fsp3) is 0.667. The minimum absolute atomic E-state index is 0.00315. The number of rotatable bonds is 4. The molecular weight excluding hydrogens is 275 g/mol. The molecule has 0 radical (unpaired) electrons. The molecule has 1 fully saturated rings. The molecule has 1 aliphatic rings. The van der Waals surface area contributed by atoms with Crippen LogP contribution in [0.2, 0.25) is 0 Å². The molecule has 1 N–H and O–H groups in total. The molecule has 1 aromatic rings. The number of carbonyl (C=O) groups excluding carboxylic acids is 1. The van der Waals surface area contributed by atoms with Crippen molar-refractivity contribution in [1.82, 2.24) is 15.1 Å². The Kier molecular flexibility index (Phi) is 4.32. The highest BCUT2D eigenvalue weighted by Crippen LogP contribution is 2.28. The van der Waals surface area contributed by atoms with Crippen molar-refractivity contribution in [2.75, 3.05) is 13.2 Å². The zero-order valence-corrected chi connectivity index (χ0v) is 11.0. The van der Waals surface area contributed by atoms with Crippen molar-refractivity contribution in [2.45, 2.75) is 38.6 Å². The van der Waals surface area contributed by atoms with Crippen molar-refractivity contribution in [3.63, 3.8) is 0 Å². The van der Waals surface area contributed by atoms with E-state index in [1.807, 2.05) is 0 Å². The number of carbonyl (C=O) groups is 1. The first kappa shape index (κ1) is 14.8. The van der Waals surface area contributed by atoms with Gasteiger partial charge >= 0.3 is 6.18 Å². The van der Waals surface area contributed by atoms with Crippen LogP contribution < -0.4 is 5.32 Å². The summed E-state index contributed by atoms with van der Waals surface area (Å²) < 4.78 is 43.8. The summed E-state index contributed by atoms with van der Waals surface area (Å²) in [7, 11) is 0. The van der Waals surface area contributed by atoms with Crippen LogP contribution in [0, 0.1) is 6.92 Å². The first-order chi connectivity index (χ1) is 9.36. The maximum Gasteiger partial charge on any atom is 0.435 e. The second-order valence-corrected chi connectivity index (χ2v) is 4.77. The van der Waals surface area contributed by atoms with E-state index in [1.165, 1.54) is 6.92 Å². The lowest BCUT2D eigenvalue weighted by Crippen LogP contribution is -2.34. The highest BCUT2D eigenvalue weighted by Gasteiger charge is 2.34. The standard InChI is InChI=1S/C12H16F3N3O2/c1-8-5-10(12(13,14)15)17-18(8)7-11(19)16-6-9-3-2-4-20-9/h5,9H,2-4,6-7H2,1H3,(H,16,19)/t9-/m1/s1. The molecule has 1 saturated heterocycles. The highest BCUT2D eigenvalue weighted by molar-refractivity contribution is 5.75. The van der Waals surface area contributed by atoms with Gasteiger partial charge in [-0.3, -0.25) is 9.48 Å². The summed E-state index contributed by atoms with van der Waals surface area (Å²) in [5.74, 6) is -0.375. The Labute approximate surface area is 114 Å². The second-order valence-electron chi connectivity index (χ2n) is 4.77. The van der Waals surface area contributed by atoms with Gasteiger partial charge in [-0.1, -0.05) is 0 Å². The summed E-state index contributed by atoms with van der Waals surface area (Å²) in [6, 6.07) is 0.924. The third-order valence-corrected chi connectivity index (χ3v) is 3.12. The lowest BCUT2D eigenvalue weighted by molar-refractivity contribution is -0.141. The average molecular weight is 291 g/mol. The average Bonchev–Trinajstić information content (AvgIpc) is 2.96. The van der Waals surface area contributed by atoms with Gasteiger partial charge < -0.3 is 10.1 Å². The van der Waals surface area contributed by atoms with E-state index in [0.717, 1.165) is 23.6 Å². The van der Waals surface area contributed by atoms with E-state index in [9.17, 15) is 18.0 Å². The minimum Gasteiger partial charge on any atom is -0.376 e. The molecule has 1 aliphatic heterocycles. The predicted octanol–water partition coefficient (Wildman–Crippen LogP) is 1.51. The number of alkyl halides is 3. The molecule has 20 heavy (non-hydrogen) atoms. The third-order valence-electron chi connectivity index (χ3n) is 3.12. The summed E-state index contributed by atoms with van der Waals surface area (Å²) >= 11 is 0. The van der Waals surface area contributed by atoms with Gasteiger partial charge in [0, 0.05) is 18.8 Å². The molecule has 112 valence electrons. The molecule has 0 aliphatic carbocycles. The molecule has 8 heteroatoms. The van der Waals surface area contributed by atoms with Gasteiger partial charge in [-0.05, 0) is 25.8 Å². The maximum absolute atomic E-state index is 12.5. The maximum atomic E-state index is 12.5. The third kappa shape index (κ3) is 3.72. The van der Waals surface area contributed by atoms with E-state index in [4.69, 9.17) is 4.74 Å². The van der Waals surface area contributed by atoms with Crippen LogP contribution in [0.25, 0.3) is 0 Å². The fourth-order valence-electron chi connectivity index (χ4n) is 2.03. The van der Waals surface area contributed by atoms with Crippen molar-refractivity contribution < 1.29 is 22.7 Å². The van der Waals surface area contributed by atoms with Crippen LogP contribution in [0.3, 0.4) is 0 Å². The first-order valence-corrected chi connectivity index (χ1v) is 6.36. The van der Waals surface area contributed by atoms with Gasteiger partial charge in [0.15, 0.2) is 5.69 Å². The Bertz CT molecular complexity index is 479. The molecular formula is C12H16F3N3O2. The monoisotopic (exact) mass is 291 g/mol. The molecule has 2 heterocycles. The zero-order valence-electron chi connectivity index (χ0n) is 11.0. The molecule has 0 bridgehead atoms. The molecule has 1 atom stereocenters. The Morgan fingerprint density at radius 3 is 2.90 bits per heavy atom. The summed E-state index contributed by atoms with van der Waals surface area (Å²) in [5.41, 5.74) is -0.688. The van der Waals surface area contributed by atoms with Crippen molar-refractivity contribution in [3.05, 3.63) is 17.5 Å². The summed E-state index contributed by atoms with van der Waals surface area (Å²) in [6.45, 7) is 2.32. The topological polar surface area (TPSA) is 56.2 Å². The normalized spacial score (nSPS) is 19.3. The van der Waals surface area contributed by atoms with Crippen LogP contribution in [-0.2, 0) is 22.3 Å². The van der Waals surface area contributed by atoms with Crippen LogP contribution >= 0.6 is 0 Å². The van der Waals surface area contributed by atoms with Crippen LogP contribution in [0.4, 0.5) is 13.2 Å². The Morgan fingerprint density at radius 2 is 2.35 bits per heavy atom. The van der Waals surface area contributed by atoms with Gasteiger partial charge in [0.1, 0.15) is 6.54 Å². The molecule has 2 rings (SSSR count). The number of ether oxygens (including phenoxy) is 1. The van der Waals surface area contributed by atoms with E-state index < -0.39 is 11.9 Å². The van der Waals surface area contributed by atoms with E-state index in [0.29, 0.717) is 18.8 Å². The minimum atomic E-state index is -4.50. The Morgan fingerprint density at radius 1 is 1.60 bits per heavy atom. The number of nitrogens with zero attached hydrogens (tertiary/aromatic N) is 2. The number of hydrogen-bond donors (Lipinski definition) is 1. The summed E-state index contributed by atoms with van der Waals surface area (Å²) in [4.78, 5) is 11.7. The smallest absolute Gasteiger partial charge is 0.376 e. The number of aromatic nitrogens is 2. The van der Waals surface area contributed by atoms with Crippen LogP contribution in [0.15, 0.2) is 6.07 Å². The second kappa shape index (κ2) is 5.82. The molecule has 1 aromatic heterocycles. The highest BCUT2D eigenvalue weighted by atomic mass is 19.4. The van der Waals surface area contributed by atoms with Crippen molar-refractivity contribution in [3.8, 4) is 0 Å². The summed E-state index contributed by atoms with van der Waals surface area (Å²) in [6.07, 6.45) is -2.64. The lowest BCUT2D eigenvalue weighted by Gasteiger charge is -2.11. The molecule has 0 aromatic carbocycles. The zero-order chi connectivity index (χ0) is 14.8. The molecule has 0 unspecified atom stereocenters.